The Balaban J connectivity index is 0.000000396. The first-order valence-electron chi connectivity index (χ1n) is 6.82. The van der Waals surface area contributed by atoms with Gasteiger partial charge in [-0.05, 0) is 18.1 Å². The van der Waals surface area contributed by atoms with Gasteiger partial charge in [0.05, 0.1) is 0 Å². The molecule has 22 heavy (non-hydrogen) atoms. The monoisotopic (exact) mass is 304 g/mol. The first-order valence-corrected chi connectivity index (χ1v) is 6.82. The van der Waals surface area contributed by atoms with Crippen LogP contribution >= 0.6 is 0 Å². The number of nitrogens with one attached hydrogen (secondary N) is 1. The Bertz CT molecular complexity index is 637. The summed E-state index contributed by atoms with van der Waals surface area (Å²) in [4.78, 5) is 45.6. The third kappa shape index (κ3) is 3.30. The molecule has 1 aromatic rings. The summed E-state index contributed by atoms with van der Waals surface area (Å²) >= 11 is 0. The summed E-state index contributed by atoms with van der Waals surface area (Å²) < 4.78 is 0. The zero-order valence-corrected chi connectivity index (χ0v) is 12.0. The van der Waals surface area contributed by atoms with Crippen LogP contribution in [0.4, 0.5) is 0 Å². The molecule has 0 bridgehead atoms. The molecule has 1 unspecified atom stereocenters. The summed E-state index contributed by atoms with van der Waals surface area (Å²) in [6.07, 6.45) is 0.695. The normalized spacial score (nSPS) is 20.0. The second kappa shape index (κ2) is 6.38. The number of benzene rings is 1. The lowest BCUT2D eigenvalue weighted by atomic mass is 10.0. The van der Waals surface area contributed by atoms with Crippen molar-refractivity contribution < 1.29 is 24.3 Å². The van der Waals surface area contributed by atoms with E-state index in [0.717, 1.165) is 12.5 Å². The van der Waals surface area contributed by atoms with Gasteiger partial charge in [0.25, 0.3) is 11.9 Å². The lowest BCUT2D eigenvalue weighted by molar-refractivity contribution is -0.137. The Morgan fingerprint density at radius 2 is 1.91 bits per heavy atom. The number of nitrogens with zero attached hydrogens (tertiary/aromatic N) is 1. The topological polar surface area (TPSA) is 104 Å². The van der Waals surface area contributed by atoms with Gasteiger partial charge < -0.3 is 10.0 Å². The van der Waals surface area contributed by atoms with Gasteiger partial charge in [-0.2, -0.15) is 0 Å². The molecule has 3 rings (SSSR count). The third-order valence-electron chi connectivity index (χ3n) is 3.44. The third-order valence-corrected chi connectivity index (χ3v) is 3.44. The van der Waals surface area contributed by atoms with Gasteiger partial charge in [0.15, 0.2) is 0 Å². The fraction of sp³-hybridized carbons (Fsp3) is 0.333. The van der Waals surface area contributed by atoms with E-state index >= 15 is 0 Å². The van der Waals surface area contributed by atoms with E-state index in [1.54, 1.807) is 11.0 Å². The van der Waals surface area contributed by atoms with Crippen LogP contribution in [-0.2, 0) is 20.9 Å². The largest absolute Gasteiger partial charge is 0.481 e. The summed E-state index contributed by atoms with van der Waals surface area (Å²) in [5.74, 6) is -1.59. The molecule has 0 saturated carbocycles. The van der Waals surface area contributed by atoms with Gasteiger partial charge in [-0.15, -0.1) is 0 Å². The first-order chi connectivity index (χ1) is 10.4. The van der Waals surface area contributed by atoms with Crippen molar-refractivity contribution in [3.63, 3.8) is 0 Å². The molecule has 116 valence electrons. The molecule has 2 aliphatic heterocycles. The Labute approximate surface area is 126 Å². The average molecular weight is 304 g/mol. The molecule has 0 spiro atoms. The molecule has 2 N–H and O–H groups in total. The van der Waals surface area contributed by atoms with Crippen LogP contribution in [0.1, 0.15) is 35.7 Å². The molecule has 3 amide bonds. The highest BCUT2D eigenvalue weighted by Gasteiger charge is 2.38. The maximum absolute atomic E-state index is 12.2. The molecule has 7 heteroatoms. The number of hydrogen-bond donors (Lipinski definition) is 2. The van der Waals surface area contributed by atoms with E-state index in [9.17, 15) is 14.4 Å². The number of carboxylic acid groups (broad SMARTS) is 1. The number of hydrogen-bond acceptors (Lipinski definition) is 4. The number of piperidine rings is 1. The molecule has 7 nitrogen and oxygen atoms in total. The van der Waals surface area contributed by atoms with Crippen molar-refractivity contribution in [2.75, 3.05) is 0 Å². The van der Waals surface area contributed by atoms with Crippen molar-refractivity contribution in [3.05, 3.63) is 35.4 Å². The molecule has 2 aliphatic rings. The highest BCUT2D eigenvalue weighted by atomic mass is 16.4. The second-order valence-corrected chi connectivity index (χ2v) is 5.08. The van der Waals surface area contributed by atoms with Gasteiger partial charge >= 0.3 is 0 Å². The van der Waals surface area contributed by atoms with E-state index in [1.807, 2.05) is 18.2 Å². The maximum Gasteiger partial charge on any atom is 0.300 e. The van der Waals surface area contributed by atoms with Crippen LogP contribution in [0, 0.1) is 0 Å². The maximum atomic E-state index is 12.2. The number of fused-ring (bicyclic) bond motifs is 1. The Hall–Kier alpha value is -2.70. The predicted octanol–water partition coefficient (Wildman–Crippen LogP) is 0.538. The fourth-order valence-corrected chi connectivity index (χ4v) is 2.51. The molecule has 1 aromatic carbocycles. The minimum absolute atomic E-state index is 0.125. The van der Waals surface area contributed by atoms with E-state index < -0.39 is 12.0 Å². The van der Waals surface area contributed by atoms with Crippen LogP contribution in [0.25, 0.3) is 0 Å². The lowest BCUT2D eigenvalue weighted by Gasteiger charge is -2.29. The number of carboxylic acids is 1. The summed E-state index contributed by atoms with van der Waals surface area (Å²) in [5, 5.41) is 9.70. The fourth-order valence-electron chi connectivity index (χ4n) is 2.51. The minimum Gasteiger partial charge on any atom is -0.481 e. The molecule has 1 atom stereocenters. The SMILES string of the molecule is CC(=O)O.O=C1CCC(N2Cc3ccccc3C2=O)C(=O)N1. The average Bonchev–Trinajstić information content (AvgIpc) is 2.76. The van der Waals surface area contributed by atoms with Gasteiger partial charge in [-0.25, -0.2) is 0 Å². The Morgan fingerprint density at radius 3 is 2.50 bits per heavy atom. The van der Waals surface area contributed by atoms with Gasteiger partial charge in [0.1, 0.15) is 6.04 Å². The highest BCUT2D eigenvalue weighted by Crippen LogP contribution is 2.26. The van der Waals surface area contributed by atoms with Crippen molar-refractivity contribution >= 4 is 23.7 Å². The first kappa shape index (κ1) is 15.7. The lowest BCUT2D eigenvalue weighted by Crippen LogP contribution is -2.52. The minimum atomic E-state index is -0.833. The zero-order chi connectivity index (χ0) is 16.3. The van der Waals surface area contributed by atoms with Crippen molar-refractivity contribution in [3.8, 4) is 0 Å². The van der Waals surface area contributed by atoms with Crippen molar-refractivity contribution in [2.24, 2.45) is 0 Å². The van der Waals surface area contributed by atoms with Crippen LogP contribution in [0.3, 0.4) is 0 Å². The molecular formula is C15H16N2O5. The van der Waals surface area contributed by atoms with Crippen LogP contribution in [0.2, 0.25) is 0 Å². The Kier molecular flexibility index (Phi) is 4.55. The summed E-state index contributed by atoms with van der Waals surface area (Å²) in [6.45, 7) is 1.53. The highest BCUT2D eigenvalue weighted by molar-refractivity contribution is 6.05. The molecular weight excluding hydrogens is 288 g/mol. The van der Waals surface area contributed by atoms with Crippen molar-refractivity contribution in [1.29, 1.82) is 0 Å². The molecule has 0 radical (unpaired) electrons. The zero-order valence-electron chi connectivity index (χ0n) is 12.0. The van der Waals surface area contributed by atoms with E-state index in [-0.39, 0.29) is 24.1 Å². The van der Waals surface area contributed by atoms with Gasteiger partial charge in [0.2, 0.25) is 11.8 Å². The number of imide groups is 1. The summed E-state index contributed by atoms with van der Waals surface area (Å²) in [5.41, 5.74) is 1.59. The van der Waals surface area contributed by atoms with Gasteiger partial charge in [-0.1, -0.05) is 18.2 Å². The van der Waals surface area contributed by atoms with Crippen molar-refractivity contribution in [2.45, 2.75) is 32.4 Å². The Morgan fingerprint density at radius 1 is 1.27 bits per heavy atom. The number of rotatable bonds is 1. The van der Waals surface area contributed by atoms with E-state index in [2.05, 4.69) is 5.32 Å². The van der Waals surface area contributed by atoms with Gasteiger partial charge in [-0.3, -0.25) is 24.5 Å². The quantitative estimate of drug-likeness (QED) is 0.737. The molecule has 0 aliphatic carbocycles. The molecule has 2 heterocycles. The van der Waals surface area contributed by atoms with Crippen LogP contribution in [-0.4, -0.2) is 39.7 Å². The summed E-state index contributed by atoms with van der Waals surface area (Å²) in [6, 6.07) is 6.82. The number of aliphatic carboxylic acids is 1. The van der Waals surface area contributed by atoms with E-state index in [0.29, 0.717) is 18.5 Å². The van der Waals surface area contributed by atoms with Crippen LogP contribution in [0.5, 0.6) is 0 Å². The second-order valence-electron chi connectivity index (χ2n) is 5.08. The molecule has 1 saturated heterocycles. The van der Waals surface area contributed by atoms with E-state index in [4.69, 9.17) is 9.90 Å². The smallest absolute Gasteiger partial charge is 0.300 e. The van der Waals surface area contributed by atoms with Crippen molar-refractivity contribution in [1.82, 2.24) is 10.2 Å². The van der Waals surface area contributed by atoms with E-state index in [1.165, 1.54) is 0 Å². The van der Waals surface area contributed by atoms with Crippen LogP contribution < -0.4 is 5.32 Å². The number of carbonyl (C=O) groups excluding carboxylic acids is 3. The molecule has 1 fully saturated rings. The number of amides is 3. The standard InChI is InChI=1S/C13H12N2O3.C2H4O2/c16-11-6-5-10(12(17)14-11)15-7-8-3-1-2-4-9(8)13(15)18;1-2(3)4/h1-4,10H,5-7H2,(H,14,16,17);1H3,(H,3,4). The number of carbonyl (C=O) groups is 4. The summed E-state index contributed by atoms with van der Waals surface area (Å²) in [7, 11) is 0. The van der Waals surface area contributed by atoms with Crippen LogP contribution in [0.15, 0.2) is 24.3 Å². The van der Waals surface area contributed by atoms with Gasteiger partial charge in [0, 0.05) is 25.5 Å². The predicted molar refractivity (Wildman–Crippen MR) is 75.8 cm³/mol. The molecule has 0 aromatic heterocycles.